The van der Waals surface area contributed by atoms with E-state index in [0.29, 0.717) is 6.54 Å². The molecule has 2 heteroatoms. The number of fused-ring (bicyclic) bond motifs is 1. The quantitative estimate of drug-likeness (QED) is 0.712. The number of thiophene rings is 1. The van der Waals surface area contributed by atoms with Crippen molar-refractivity contribution in [2.45, 2.75) is 13.5 Å². The highest BCUT2D eigenvalue weighted by atomic mass is 32.1. The summed E-state index contributed by atoms with van der Waals surface area (Å²) in [6.07, 6.45) is 0. The van der Waals surface area contributed by atoms with Crippen molar-refractivity contribution in [1.82, 2.24) is 0 Å². The largest absolute Gasteiger partial charge is 0.326 e. The van der Waals surface area contributed by atoms with Crippen molar-refractivity contribution in [3.63, 3.8) is 0 Å². The maximum atomic E-state index is 5.56. The van der Waals surface area contributed by atoms with Crippen LogP contribution in [-0.2, 0) is 6.54 Å². The lowest BCUT2D eigenvalue weighted by molar-refractivity contribution is 1.11. The second-order valence-electron chi connectivity index (χ2n) is 2.96. The van der Waals surface area contributed by atoms with Gasteiger partial charge < -0.3 is 5.73 Å². The van der Waals surface area contributed by atoms with Gasteiger partial charge in [0.2, 0.25) is 0 Å². The van der Waals surface area contributed by atoms with Crippen LogP contribution in [0.4, 0.5) is 0 Å². The van der Waals surface area contributed by atoms with E-state index < -0.39 is 0 Å². The minimum absolute atomic E-state index is 0.651. The lowest BCUT2D eigenvalue weighted by Gasteiger charge is -1.89. The molecule has 0 saturated carbocycles. The summed E-state index contributed by atoms with van der Waals surface area (Å²) in [6, 6.07) is 8.66. The summed E-state index contributed by atoms with van der Waals surface area (Å²) in [5, 5.41) is 1.31. The molecular formula is C10H11NS. The summed E-state index contributed by atoms with van der Waals surface area (Å²) in [5.41, 5.74) is 6.88. The molecule has 0 fully saturated rings. The number of rotatable bonds is 1. The van der Waals surface area contributed by atoms with Crippen molar-refractivity contribution >= 4 is 21.4 Å². The molecular weight excluding hydrogens is 166 g/mol. The summed E-state index contributed by atoms with van der Waals surface area (Å²) in [6.45, 7) is 2.76. The Balaban J connectivity index is 2.67. The van der Waals surface area contributed by atoms with Crippen LogP contribution in [0.25, 0.3) is 10.1 Å². The van der Waals surface area contributed by atoms with Gasteiger partial charge in [-0.2, -0.15) is 0 Å². The minimum atomic E-state index is 0.651. The van der Waals surface area contributed by atoms with Crippen LogP contribution in [-0.4, -0.2) is 0 Å². The molecule has 1 aromatic heterocycles. The maximum absolute atomic E-state index is 5.56. The van der Waals surface area contributed by atoms with Gasteiger partial charge >= 0.3 is 0 Å². The zero-order chi connectivity index (χ0) is 8.55. The van der Waals surface area contributed by atoms with Crippen LogP contribution < -0.4 is 5.73 Å². The summed E-state index contributed by atoms with van der Waals surface area (Å²) in [4.78, 5) is 1.26. The molecule has 2 rings (SSSR count). The first-order valence-corrected chi connectivity index (χ1v) is 4.80. The molecule has 0 spiro atoms. The first-order valence-electron chi connectivity index (χ1n) is 3.99. The van der Waals surface area contributed by atoms with E-state index in [-0.39, 0.29) is 0 Å². The SMILES string of the molecule is Cc1ccc2cc(CN)sc2c1. The molecule has 0 radical (unpaired) electrons. The Labute approximate surface area is 75.8 Å². The van der Waals surface area contributed by atoms with Crippen LogP contribution in [0.3, 0.4) is 0 Å². The summed E-state index contributed by atoms with van der Waals surface area (Å²) >= 11 is 1.79. The molecule has 12 heavy (non-hydrogen) atoms. The predicted octanol–water partition coefficient (Wildman–Crippen LogP) is 2.67. The number of nitrogens with two attached hydrogens (primary N) is 1. The predicted molar refractivity (Wildman–Crippen MR) is 54.5 cm³/mol. The van der Waals surface area contributed by atoms with Crippen molar-refractivity contribution in [3.05, 3.63) is 34.7 Å². The molecule has 0 aliphatic heterocycles. The number of hydrogen-bond donors (Lipinski definition) is 1. The fourth-order valence-electron chi connectivity index (χ4n) is 1.29. The molecule has 0 amide bonds. The van der Waals surface area contributed by atoms with Gasteiger partial charge in [-0.1, -0.05) is 12.1 Å². The van der Waals surface area contributed by atoms with Gasteiger partial charge in [0, 0.05) is 16.1 Å². The van der Waals surface area contributed by atoms with Crippen LogP contribution in [0.5, 0.6) is 0 Å². The normalized spacial score (nSPS) is 10.8. The van der Waals surface area contributed by atoms with Crippen LogP contribution in [0.2, 0.25) is 0 Å². The first-order chi connectivity index (χ1) is 5.79. The fourth-order valence-corrected chi connectivity index (χ4v) is 2.34. The number of hydrogen-bond acceptors (Lipinski definition) is 2. The van der Waals surface area contributed by atoms with Crippen LogP contribution in [0, 0.1) is 6.92 Å². The molecule has 0 atom stereocenters. The molecule has 0 unspecified atom stereocenters. The van der Waals surface area contributed by atoms with E-state index in [1.807, 2.05) is 0 Å². The van der Waals surface area contributed by atoms with Crippen molar-refractivity contribution < 1.29 is 0 Å². The Bertz CT molecular complexity index is 403. The first kappa shape index (κ1) is 7.77. The van der Waals surface area contributed by atoms with E-state index in [1.54, 1.807) is 11.3 Å². The molecule has 1 aromatic carbocycles. The lowest BCUT2D eigenvalue weighted by Crippen LogP contribution is -1.90. The zero-order valence-electron chi connectivity index (χ0n) is 7.00. The van der Waals surface area contributed by atoms with E-state index in [0.717, 1.165) is 0 Å². The average molecular weight is 177 g/mol. The molecule has 62 valence electrons. The third-order valence-electron chi connectivity index (χ3n) is 1.93. The molecule has 1 nitrogen and oxygen atoms in total. The number of benzene rings is 1. The topological polar surface area (TPSA) is 26.0 Å². The molecule has 2 aromatic rings. The second-order valence-corrected chi connectivity index (χ2v) is 4.13. The highest BCUT2D eigenvalue weighted by molar-refractivity contribution is 7.19. The summed E-state index contributed by atoms with van der Waals surface area (Å²) in [5.74, 6) is 0. The lowest BCUT2D eigenvalue weighted by atomic mass is 10.2. The molecule has 0 aliphatic carbocycles. The van der Waals surface area contributed by atoms with Gasteiger partial charge in [-0.05, 0) is 30.0 Å². The van der Waals surface area contributed by atoms with Crippen LogP contribution in [0.1, 0.15) is 10.4 Å². The smallest absolute Gasteiger partial charge is 0.0348 e. The number of aryl methyl sites for hydroxylation is 1. The van der Waals surface area contributed by atoms with E-state index in [4.69, 9.17) is 5.73 Å². The Morgan fingerprint density at radius 3 is 2.92 bits per heavy atom. The molecule has 0 aliphatic rings. The average Bonchev–Trinajstić information content (AvgIpc) is 2.46. The highest BCUT2D eigenvalue weighted by Crippen LogP contribution is 2.25. The Kier molecular flexibility index (Phi) is 1.87. The van der Waals surface area contributed by atoms with Gasteiger partial charge in [0.15, 0.2) is 0 Å². The van der Waals surface area contributed by atoms with E-state index in [2.05, 4.69) is 31.2 Å². The highest BCUT2D eigenvalue weighted by Gasteiger charge is 1.99. The Morgan fingerprint density at radius 2 is 2.17 bits per heavy atom. The van der Waals surface area contributed by atoms with Crippen molar-refractivity contribution in [2.75, 3.05) is 0 Å². The van der Waals surface area contributed by atoms with Crippen molar-refractivity contribution in [3.8, 4) is 0 Å². The third-order valence-corrected chi connectivity index (χ3v) is 3.05. The standard InChI is InChI=1S/C10H11NS/c1-7-2-3-8-5-9(6-11)12-10(8)4-7/h2-5H,6,11H2,1H3. The maximum Gasteiger partial charge on any atom is 0.0348 e. The summed E-state index contributed by atoms with van der Waals surface area (Å²) < 4.78 is 1.34. The van der Waals surface area contributed by atoms with Crippen molar-refractivity contribution in [2.24, 2.45) is 5.73 Å². The summed E-state index contributed by atoms with van der Waals surface area (Å²) in [7, 11) is 0. The molecule has 0 bridgehead atoms. The van der Waals surface area contributed by atoms with E-state index in [9.17, 15) is 0 Å². The van der Waals surface area contributed by atoms with Crippen molar-refractivity contribution in [1.29, 1.82) is 0 Å². The zero-order valence-corrected chi connectivity index (χ0v) is 7.82. The molecule has 1 heterocycles. The minimum Gasteiger partial charge on any atom is -0.326 e. The van der Waals surface area contributed by atoms with Gasteiger partial charge in [-0.15, -0.1) is 11.3 Å². The fraction of sp³-hybridized carbons (Fsp3) is 0.200. The molecule has 2 N–H and O–H groups in total. The van der Waals surface area contributed by atoms with Gasteiger partial charge in [0.25, 0.3) is 0 Å². The molecule has 0 saturated heterocycles. The third kappa shape index (κ3) is 1.24. The van der Waals surface area contributed by atoms with Crippen LogP contribution >= 0.6 is 11.3 Å². The van der Waals surface area contributed by atoms with Crippen LogP contribution in [0.15, 0.2) is 24.3 Å². The Hall–Kier alpha value is -0.860. The van der Waals surface area contributed by atoms with Gasteiger partial charge in [-0.3, -0.25) is 0 Å². The van der Waals surface area contributed by atoms with Gasteiger partial charge in [0.1, 0.15) is 0 Å². The van der Waals surface area contributed by atoms with Gasteiger partial charge in [0.05, 0.1) is 0 Å². The van der Waals surface area contributed by atoms with E-state index in [1.165, 1.54) is 20.5 Å². The Morgan fingerprint density at radius 1 is 1.33 bits per heavy atom. The van der Waals surface area contributed by atoms with E-state index >= 15 is 0 Å². The van der Waals surface area contributed by atoms with Gasteiger partial charge in [-0.25, -0.2) is 0 Å². The monoisotopic (exact) mass is 177 g/mol. The second kappa shape index (κ2) is 2.88.